The van der Waals surface area contributed by atoms with E-state index < -0.39 is 0 Å². The Bertz CT molecular complexity index is 1680. The third kappa shape index (κ3) is 7.47. The summed E-state index contributed by atoms with van der Waals surface area (Å²) in [6.07, 6.45) is 3.60. The van der Waals surface area contributed by atoms with Crippen LogP contribution in [0.5, 0.6) is 11.5 Å². The highest BCUT2D eigenvalue weighted by molar-refractivity contribution is 6.17. The number of hydrogen-bond acceptors (Lipinski definition) is 8. The highest BCUT2D eigenvalue weighted by Gasteiger charge is 2.19. The van der Waals surface area contributed by atoms with Crippen molar-refractivity contribution in [3.8, 4) is 11.5 Å². The molecule has 3 aromatic carbocycles. The molecule has 0 aliphatic carbocycles. The maximum Gasteiger partial charge on any atom is 0.280 e. The number of nitrogens with one attached hydrogen (secondary N) is 1. The third-order valence-corrected chi connectivity index (χ3v) is 7.68. The predicted molar refractivity (Wildman–Crippen MR) is 176 cm³/mol. The summed E-state index contributed by atoms with van der Waals surface area (Å²) in [6.45, 7) is 4.22. The lowest BCUT2D eigenvalue weighted by atomic mass is 10.1. The van der Waals surface area contributed by atoms with Gasteiger partial charge in [0.25, 0.3) is 5.56 Å². The average Bonchev–Trinajstić information content (AvgIpc) is 3.06. The van der Waals surface area contributed by atoms with Crippen LogP contribution in [0.3, 0.4) is 0 Å². The quantitative estimate of drug-likeness (QED) is 0.114. The monoisotopic (exact) mass is 612 g/mol. The SMILES string of the molecule is CCCCNc1nc(N(Cc2ccc(OC)cc2)Cc2ccc(OC)cc2)nc2cnn(Cc3ccc(CCl)cc3)c(=O)c12. The zero-order valence-electron chi connectivity index (χ0n) is 25.3. The smallest absolute Gasteiger partial charge is 0.280 e. The Hall–Kier alpha value is -4.63. The second-order valence-corrected chi connectivity index (χ2v) is 10.8. The number of fused-ring (bicyclic) bond motifs is 1. The Morgan fingerprint density at radius 2 is 1.39 bits per heavy atom. The molecule has 2 aromatic heterocycles. The fourth-order valence-corrected chi connectivity index (χ4v) is 5.03. The fourth-order valence-electron chi connectivity index (χ4n) is 4.85. The maximum absolute atomic E-state index is 13.8. The van der Waals surface area contributed by atoms with Gasteiger partial charge in [-0.25, -0.2) is 9.67 Å². The topological polar surface area (TPSA) is 94.4 Å². The van der Waals surface area contributed by atoms with E-state index in [0.29, 0.717) is 54.7 Å². The first-order chi connectivity index (χ1) is 21.5. The second-order valence-electron chi connectivity index (χ2n) is 10.5. The second kappa shape index (κ2) is 14.7. The number of alkyl halides is 1. The number of methoxy groups -OCH3 is 2. The van der Waals surface area contributed by atoms with E-state index in [2.05, 4.69) is 22.2 Å². The molecule has 5 rings (SSSR count). The van der Waals surface area contributed by atoms with Crippen LogP contribution in [0.15, 0.2) is 83.8 Å². The molecule has 0 amide bonds. The van der Waals surface area contributed by atoms with Gasteiger partial charge in [0.2, 0.25) is 5.95 Å². The zero-order valence-corrected chi connectivity index (χ0v) is 26.1. The molecule has 0 unspecified atom stereocenters. The summed E-state index contributed by atoms with van der Waals surface area (Å²) in [5.41, 5.74) is 4.35. The van der Waals surface area contributed by atoms with Crippen molar-refractivity contribution >= 4 is 34.3 Å². The van der Waals surface area contributed by atoms with Gasteiger partial charge >= 0.3 is 0 Å². The number of rotatable bonds is 14. The molecule has 0 spiro atoms. The molecule has 0 aliphatic heterocycles. The molecule has 0 saturated carbocycles. The number of nitrogens with zero attached hydrogens (tertiary/aromatic N) is 5. The van der Waals surface area contributed by atoms with E-state index in [1.54, 1.807) is 20.4 Å². The first kappa shape index (κ1) is 30.8. The van der Waals surface area contributed by atoms with Gasteiger partial charge in [0.15, 0.2) is 0 Å². The lowest BCUT2D eigenvalue weighted by Gasteiger charge is -2.24. The molecule has 1 N–H and O–H groups in total. The van der Waals surface area contributed by atoms with Crippen LogP contribution in [-0.4, -0.2) is 40.5 Å². The van der Waals surface area contributed by atoms with Crippen LogP contribution in [-0.2, 0) is 25.5 Å². The van der Waals surface area contributed by atoms with Crippen molar-refractivity contribution in [3.63, 3.8) is 0 Å². The zero-order chi connectivity index (χ0) is 30.9. The third-order valence-electron chi connectivity index (χ3n) is 7.37. The van der Waals surface area contributed by atoms with Crippen LogP contribution in [0.1, 0.15) is 42.0 Å². The molecule has 0 atom stereocenters. The van der Waals surface area contributed by atoms with Crippen molar-refractivity contribution in [2.75, 3.05) is 31.0 Å². The van der Waals surface area contributed by atoms with Crippen LogP contribution in [0.25, 0.3) is 10.9 Å². The van der Waals surface area contributed by atoms with Gasteiger partial charge in [-0.2, -0.15) is 10.1 Å². The van der Waals surface area contributed by atoms with Gasteiger partial charge in [-0.05, 0) is 52.9 Å². The first-order valence-corrected chi connectivity index (χ1v) is 15.2. The molecule has 0 aliphatic rings. The number of hydrogen-bond donors (Lipinski definition) is 1. The molecule has 0 bridgehead atoms. The van der Waals surface area contributed by atoms with Gasteiger partial charge in [0, 0.05) is 25.5 Å². The summed E-state index contributed by atoms with van der Waals surface area (Å²) in [4.78, 5) is 25.8. The molecule has 2 heterocycles. The van der Waals surface area contributed by atoms with Gasteiger partial charge < -0.3 is 19.7 Å². The summed E-state index contributed by atoms with van der Waals surface area (Å²) in [5.74, 6) is 3.02. The van der Waals surface area contributed by atoms with Crippen molar-refractivity contribution in [1.29, 1.82) is 0 Å². The van der Waals surface area contributed by atoms with Crippen LogP contribution < -0.4 is 25.2 Å². The van der Waals surface area contributed by atoms with Gasteiger partial charge in [0.1, 0.15) is 28.2 Å². The van der Waals surface area contributed by atoms with Crippen molar-refractivity contribution < 1.29 is 9.47 Å². The largest absolute Gasteiger partial charge is 0.497 e. The Labute approximate surface area is 262 Å². The lowest BCUT2D eigenvalue weighted by molar-refractivity contribution is 0.414. The van der Waals surface area contributed by atoms with Gasteiger partial charge in [-0.15, -0.1) is 11.6 Å². The van der Waals surface area contributed by atoms with E-state index in [0.717, 1.165) is 46.6 Å². The van der Waals surface area contributed by atoms with E-state index in [9.17, 15) is 4.79 Å². The summed E-state index contributed by atoms with van der Waals surface area (Å²) < 4.78 is 12.2. The summed E-state index contributed by atoms with van der Waals surface area (Å²) in [7, 11) is 3.31. The number of unbranched alkanes of at least 4 members (excludes halogenated alkanes) is 1. The highest BCUT2D eigenvalue weighted by atomic mass is 35.5. The number of aromatic nitrogens is 4. The van der Waals surface area contributed by atoms with Crippen LogP contribution in [0.4, 0.5) is 11.8 Å². The standard InChI is InChI=1S/C34H37ClN6O3/c1-4-5-18-36-32-31-30(20-37-41(33(31)42)23-27-8-6-24(19-35)7-9-27)38-34(39-32)40(21-25-10-14-28(43-2)15-11-25)22-26-12-16-29(44-3)17-13-26/h6-17,20H,4-5,18-19,21-23H2,1-3H3,(H,36,38,39). The number of anilines is 2. The average molecular weight is 613 g/mol. The Morgan fingerprint density at radius 1 is 0.818 bits per heavy atom. The number of ether oxygens (including phenoxy) is 2. The molecule has 0 radical (unpaired) electrons. The van der Waals surface area contributed by atoms with Crippen LogP contribution in [0.2, 0.25) is 0 Å². The Balaban J connectivity index is 1.55. The summed E-state index contributed by atoms with van der Waals surface area (Å²) in [6, 6.07) is 23.7. The van der Waals surface area contributed by atoms with E-state index in [1.807, 2.05) is 72.8 Å². The molecule has 5 aromatic rings. The number of halogens is 1. The summed E-state index contributed by atoms with van der Waals surface area (Å²) in [5, 5.41) is 8.35. The van der Waals surface area contributed by atoms with E-state index >= 15 is 0 Å². The Kier molecular flexibility index (Phi) is 10.3. The highest BCUT2D eigenvalue weighted by Crippen LogP contribution is 2.25. The molecule has 9 nitrogen and oxygen atoms in total. The Morgan fingerprint density at radius 3 is 1.93 bits per heavy atom. The molecular formula is C34H37ClN6O3. The van der Waals surface area contributed by atoms with Crippen molar-refractivity contribution in [3.05, 3.63) is 112 Å². The molecule has 228 valence electrons. The fraction of sp³-hybridized carbons (Fsp3) is 0.294. The van der Waals surface area contributed by atoms with Gasteiger partial charge in [-0.3, -0.25) is 4.79 Å². The number of benzene rings is 3. The minimum absolute atomic E-state index is 0.244. The van der Waals surface area contributed by atoms with Crippen molar-refractivity contribution in [2.24, 2.45) is 0 Å². The molecule has 0 saturated heterocycles. The minimum Gasteiger partial charge on any atom is -0.497 e. The van der Waals surface area contributed by atoms with Crippen molar-refractivity contribution in [1.82, 2.24) is 19.7 Å². The normalized spacial score (nSPS) is 11.0. The molecule has 0 fully saturated rings. The van der Waals surface area contributed by atoms with E-state index in [-0.39, 0.29) is 5.56 Å². The summed E-state index contributed by atoms with van der Waals surface area (Å²) >= 11 is 5.95. The van der Waals surface area contributed by atoms with E-state index in [4.69, 9.17) is 31.0 Å². The van der Waals surface area contributed by atoms with Crippen molar-refractivity contribution in [2.45, 2.75) is 45.3 Å². The molecule has 10 heteroatoms. The minimum atomic E-state index is -0.244. The molecular weight excluding hydrogens is 576 g/mol. The predicted octanol–water partition coefficient (Wildman–Crippen LogP) is 6.41. The molecule has 44 heavy (non-hydrogen) atoms. The lowest BCUT2D eigenvalue weighted by Crippen LogP contribution is -2.28. The maximum atomic E-state index is 13.8. The first-order valence-electron chi connectivity index (χ1n) is 14.7. The van der Waals surface area contributed by atoms with E-state index in [1.165, 1.54) is 4.68 Å². The van der Waals surface area contributed by atoms with Gasteiger partial charge in [-0.1, -0.05) is 61.9 Å². The van der Waals surface area contributed by atoms with Gasteiger partial charge in [0.05, 0.1) is 27.0 Å². The van der Waals surface area contributed by atoms with Crippen LogP contribution >= 0.6 is 11.6 Å². The van der Waals surface area contributed by atoms with Crippen LogP contribution in [0, 0.1) is 0 Å².